The molecule has 6 heteroatoms. The Labute approximate surface area is 204 Å². The molecule has 0 aromatic heterocycles. The first-order valence-corrected chi connectivity index (χ1v) is 11.4. The number of rotatable bonds is 9. The molecule has 0 aliphatic carbocycles. The molecule has 6 nitrogen and oxygen atoms in total. The lowest BCUT2D eigenvalue weighted by molar-refractivity contribution is -0.130. The third kappa shape index (κ3) is 5.11. The van der Waals surface area contributed by atoms with E-state index in [0.29, 0.717) is 23.7 Å². The summed E-state index contributed by atoms with van der Waals surface area (Å²) in [6.45, 7) is 2.57. The molecule has 35 heavy (non-hydrogen) atoms. The molecule has 1 atom stereocenters. The molecule has 3 aromatic rings. The van der Waals surface area contributed by atoms with Crippen molar-refractivity contribution in [2.24, 2.45) is 0 Å². The maximum absolute atomic E-state index is 13.3. The SMILES string of the molecule is CCOc1ccc(C2C(C(=O)C=Cc3ccccc3)=C(O)C(=O)N2Cc2ccccc2)cc1OC. The quantitative estimate of drug-likeness (QED) is 0.432. The second-order valence-corrected chi connectivity index (χ2v) is 8.04. The molecule has 4 rings (SSSR count). The number of ether oxygens (including phenoxy) is 2. The first-order valence-electron chi connectivity index (χ1n) is 11.4. The number of nitrogens with zero attached hydrogens (tertiary/aromatic N) is 1. The zero-order valence-electron chi connectivity index (χ0n) is 19.7. The molecule has 1 heterocycles. The minimum absolute atomic E-state index is 0.0318. The summed E-state index contributed by atoms with van der Waals surface area (Å²) in [5, 5.41) is 10.8. The second kappa shape index (κ2) is 10.7. The Bertz CT molecular complexity index is 1260. The number of carbonyl (C=O) groups excluding carboxylic acids is 2. The lowest BCUT2D eigenvalue weighted by Crippen LogP contribution is -2.30. The van der Waals surface area contributed by atoms with Crippen LogP contribution in [0, 0.1) is 0 Å². The van der Waals surface area contributed by atoms with Crippen LogP contribution in [0.1, 0.15) is 29.7 Å². The van der Waals surface area contributed by atoms with Gasteiger partial charge in [0, 0.05) is 6.54 Å². The first kappa shape index (κ1) is 23.8. The lowest BCUT2D eigenvalue weighted by atomic mass is 9.95. The Hall–Kier alpha value is -4.32. The topological polar surface area (TPSA) is 76.1 Å². The Morgan fingerprint density at radius 3 is 2.34 bits per heavy atom. The lowest BCUT2D eigenvalue weighted by Gasteiger charge is -2.27. The van der Waals surface area contributed by atoms with E-state index in [1.54, 1.807) is 24.3 Å². The van der Waals surface area contributed by atoms with Gasteiger partial charge < -0.3 is 19.5 Å². The number of methoxy groups -OCH3 is 1. The number of ketones is 1. The van der Waals surface area contributed by atoms with Crippen LogP contribution in [0.5, 0.6) is 11.5 Å². The van der Waals surface area contributed by atoms with Gasteiger partial charge in [0.1, 0.15) is 0 Å². The fourth-order valence-corrected chi connectivity index (χ4v) is 4.15. The van der Waals surface area contributed by atoms with Crippen LogP contribution >= 0.6 is 0 Å². The maximum atomic E-state index is 13.3. The van der Waals surface area contributed by atoms with Gasteiger partial charge in [-0.15, -0.1) is 0 Å². The molecular weight excluding hydrogens is 442 g/mol. The largest absolute Gasteiger partial charge is 0.503 e. The highest BCUT2D eigenvalue weighted by Crippen LogP contribution is 2.41. The van der Waals surface area contributed by atoms with Crippen LogP contribution in [-0.2, 0) is 16.1 Å². The molecule has 0 fully saturated rings. The van der Waals surface area contributed by atoms with Crippen LogP contribution in [0.15, 0.2) is 96.3 Å². The summed E-state index contributed by atoms with van der Waals surface area (Å²) >= 11 is 0. The van der Waals surface area contributed by atoms with Gasteiger partial charge in [0.15, 0.2) is 23.0 Å². The molecule has 1 aliphatic heterocycles. The molecule has 3 aromatic carbocycles. The molecule has 1 amide bonds. The Kier molecular flexibility index (Phi) is 7.31. The molecule has 0 saturated carbocycles. The molecule has 1 N–H and O–H groups in total. The number of carbonyl (C=O) groups is 2. The van der Waals surface area contributed by atoms with Crippen molar-refractivity contribution in [1.29, 1.82) is 0 Å². The van der Waals surface area contributed by atoms with Gasteiger partial charge in [-0.25, -0.2) is 0 Å². The van der Waals surface area contributed by atoms with E-state index in [1.165, 1.54) is 18.1 Å². The zero-order chi connectivity index (χ0) is 24.8. The summed E-state index contributed by atoms with van der Waals surface area (Å²) < 4.78 is 11.1. The van der Waals surface area contributed by atoms with Crippen LogP contribution in [0.4, 0.5) is 0 Å². The average Bonchev–Trinajstić information content (AvgIpc) is 3.14. The third-order valence-corrected chi connectivity index (χ3v) is 5.79. The molecule has 0 radical (unpaired) electrons. The summed E-state index contributed by atoms with van der Waals surface area (Å²) in [4.78, 5) is 28.0. The zero-order valence-corrected chi connectivity index (χ0v) is 19.7. The summed E-state index contributed by atoms with van der Waals surface area (Å²) in [5.74, 6) is -0.532. The van der Waals surface area contributed by atoms with E-state index in [-0.39, 0.29) is 12.1 Å². The van der Waals surface area contributed by atoms with E-state index >= 15 is 0 Å². The van der Waals surface area contributed by atoms with Crippen LogP contribution in [0.2, 0.25) is 0 Å². The minimum Gasteiger partial charge on any atom is -0.503 e. The minimum atomic E-state index is -0.791. The van der Waals surface area contributed by atoms with Crippen molar-refractivity contribution in [3.8, 4) is 11.5 Å². The number of aliphatic hydroxyl groups is 1. The number of allylic oxidation sites excluding steroid dienone is 1. The van der Waals surface area contributed by atoms with Gasteiger partial charge in [0.2, 0.25) is 0 Å². The number of amides is 1. The van der Waals surface area contributed by atoms with Crippen LogP contribution in [0.25, 0.3) is 6.08 Å². The standard InChI is InChI=1S/C29H27NO5/c1-3-35-24-17-15-22(18-25(24)34-2)27-26(23(31)16-14-20-10-6-4-7-11-20)28(32)29(33)30(27)19-21-12-8-5-9-13-21/h4-18,27,32H,3,19H2,1-2H3. The Balaban J connectivity index is 1.76. The van der Waals surface area contributed by atoms with E-state index < -0.39 is 23.5 Å². The molecular formula is C29H27NO5. The number of aliphatic hydroxyl groups excluding tert-OH is 1. The van der Waals surface area contributed by atoms with Gasteiger partial charge in [-0.2, -0.15) is 0 Å². The molecule has 0 saturated heterocycles. The monoisotopic (exact) mass is 469 g/mol. The van der Waals surface area contributed by atoms with E-state index in [1.807, 2.05) is 67.6 Å². The molecule has 178 valence electrons. The van der Waals surface area contributed by atoms with E-state index in [4.69, 9.17) is 9.47 Å². The Morgan fingerprint density at radius 2 is 1.69 bits per heavy atom. The van der Waals surface area contributed by atoms with Crippen molar-refractivity contribution in [3.63, 3.8) is 0 Å². The van der Waals surface area contributed by atoms with Crippen LogP contribution < -0.4 is 9.47 Å². The Morgan fingerprint density at radius 1 is 1.00 bits per heavy atom. The molecule has 1 aliphatic rings. The summed E-state index contributed by atoms with van der Waals surface area (Å²) in [5.41, 5.74) is 2.38. The van der Waals surface area contributed by atoms with E-state index in [2.05, 4.69) is 0 Å². The van der Waals surface area contributed by atoms with Crippen molar-refractivity contribution in [2.45, 2.75) is 19.5 Å². The second-order valence-electron chi connectivity index (χ2n) is 8.04. The third-order valence-electron chi connectivity index (χ3n) is 5.79. The predicted molar refractivity (Wildman–Crippen MR) is 134 cm³/mol. The van der Waals surface area contributed by atoms with Crippen molar-refractivity contribution in [1.82, 2.24) is 4.90 Å². The normalized spacial score (nSPS) is 15.7. The van der Waals surface area contributed by atoms with E-state index in [9.17, 15) is 14.7 Å². The van der Waals surface area contributed by atoms with Crippen molar-refractivity contribution in [2.75, 3.05) is 13.7 Å². The fourth-order valence-electron chi connectivity index (χ4n) is 4.15. The highest BCUT2D eigenvalue weighted by molar-refractivity contribution is 6.14. The number of hydrogen-bond acceptors (Lipinski definition) is 5. The molecule has 1 unspecified atom stereocenters. The maximum Gasteiger partial charge on any atom is 0.290 e. The smallest absolute Gasteiger partial charge is 0.290 e. The number of benzene rings is 3. The van der Waals surface area contributed by atoms with E-state index in [0.717, 1.165) is 11.1 Å². The van der Waals surface area contributed by atoms with Gasteiger partial charge in [-0.1, -0.05) is 72.8 Å². The van der Waals surface area contributed by atoms with Crippen molar-refractivity contribution >= 4 is 17.8 Å². The van der Waals surface area contributed by atoms with Crippen molar-refractivity contribution < 1.29 is 24.2 Å². The number of hydrogen-bond donors (Lipinski definition) is 1. The highest BCUT2D eigenvalue weighted by atomic mass is 16.5. The molecule has 0 spiro atoms. The van der Waals surface area contributed by atoms with Gasteiger partial charge in [0.25, 0.3) is 5.91 Å². The summed E-state index contributed by atoms with van der Waals surface area (Å²) in [6.07, 6.45) is 3.06. The average molecular weight is 470 g/mol. The van der Waals surface area contributed by atoms with Crippen molar-refractivity contribution in [3.05, 3.63) is 113 Å². The van der Waals surface area contributed by atoms with Gasteiger partial charge >= 0.3 is 0 Å². The van der Waals surface area contributed by atoms with Crippen LogP contribution in [-0.4, -0.2) is 35.4 Å². The highest BCUT2D eigenvalue weighted by Gasteiger charge is 2.43. The summed E-state index contributed by atoms with van der Waals surface area (Å²) in [7, 11) is 1.53. The predicted octanol–water partition coefficient (Wildman–Crippen LogP) is 5.27. The molecule has 0 bridgehead atoms. The summed E-state index contributed by atoms with van der Waals surface area (Å²) in [6, 6.07) is 23.3. The van der Waals surface area contributed by atoms with Crippen LogP contribution in [0.3, 0.4) is 0 Å². The van der Waals surface area contributed by atoms with Gasteiger partial charge in [0.05, 0.1) is 25.3 Å². The van der Waals surface area contributed by atoms with Gasteiger partial charge in [-0.3, -0.25) is 9.59 Å². The fraction of sp³-hybridized carbons (Fsp3) is 0.172. The van der Waals surface area contributed by atoms with Gasteiger partial charge in [-0.05, 0) is 41.8 Å². The first-order chi connectivity index (χ1) is 17.0.